The van der Waals surface area contributed by atoms with E-state index >= 15 is 0 Å². The molecule has 0 fully saturated rings. The van der Waals surface area contributed by atoms with Crippen molar-refractivity contribution >= 4 is 34.4 Å². The molecule has 6 rings (SSSR count). The SMILES string of the molecule is CCCCC(CCCN(C(=O)NCc1ccccc1)c1ccc(-c2cnn(C)c2)cc1)=Nc1ncc(C#N)c(-c2ccc3c(c2)ncn3C)n1. The number of carbonyl (C=O) groups excluding carboxylic acids is 1. The molecule has 0 unspecified atom stereocenters. The van der Waals surface area contributed by atoms with Gasteiger partial charge in [-0.1, -0.05) is 61.9 Å². The number of carbonyl (C=O) groups is 1. The molecule has 0 bridgehead atoms. The molecule has 252 valence electrons. The predicted octanol–water partition coefficient (Wildman–Crippen LogP) is 7.76. The van der Waals surface area contributed by atoms with Gasteiger partial charge in [0.2, 0.25) is 5.95 Å². The van der Waals surface area contributed by atoms with Gasteiger partial charge in [-0.3, -0.25) is 9.58 Å². The maximum atomic E-state index is 13.6. The number of benzene rings is 3. The molecule has 50 heavy (non-hydrogen) atoms. The van der Waals surface area contributed by atoms with Gasteiger partial charge in [-0.15, -0.1) is 0 Å². The Morgan fingerprint density at radius 1 is 0.940 bits per heavy atom. The lowest BCUT2D eigenvalue weighted by atomic mass is 10.1. The van der Waals surface area contributed by atoms with Crippen LogP contribution in [0, 0.1) is 11.3 Å². The van der Waals surface area contributed by atoms with Gasteiger partial charge in [-0.25, -0.2) is 24.7 Å². The average Bonchev–Trinajstić information content (AvgIpc) is 3.76. The van der Waals surface area contributed by atoms with Crippen LogP contribution in [0.15, 0.2) is 103 Å². The number of unbranched alkanes of at least 4 members (excludes halogenated alkanes) is 1. The molecule has 0 aliphatic heterocycles. The summed E-state index contributed by atoms with van der Waals surface area (Å²) in [5.74, 6) is 0.315. The molecule has 11 nitrogen and oxygen atoms in total. The van der Waals surface area contributed by atoms with Crippen molar-refractivity contribution in [3.8, 4) is 28.5 Å². The molecule has 0 aliphatic rings. The van der Waals surface area contributed by atoms with E-state index in [2.05, 4.69) is 33.4 Å². The molecule has 1 N–H and O–H groups in total. The number of hydrogen-bond acceptors (Lipinski definition) is 7. The molecule has 0 saturated carbocycles. The molecule has 0 aliphatic carbocycles. The Kier molecular flexibility index (Phi) is 10.7. The van der Waals surface area contributed by atoms with Crippen molar-refractivity contribution < 1.29 is 4.79 Å². The molecule has 0 saturated heterocycles. The fraction of sp³-hybridized carbons (Fsp3) is 0.256. The number of anilines is 1. The summed E-state index contributed by atoms with van der Waals surface area (Å²) in [6.45, 7) is 3.07. The minimum absolute atomic E-state index is 0.167. The van der Waals surface area contributed by atoms with Gasteiger partial charge in [0.05, 0.1) is 41.0 Å². The van der Waals surface area contributed by atoms with Gasteiger partial charge in [0, 0.05) is 55.9 Å². The zero-order valence-electron chi connectivity index (χ0n) is 28.6. The third kappa shape index (κ3) is 8.10. The molecule has 6 aromatic rings. The zero-order valence-corrected chi connectivity index (χ0v) is 28.6. The second-order valence-corrected chi connectivity index (χ2v) is 12.2. The number of nitrogens with zero attached hydrogens (tertiary/aromatic N) is 9. The monoisotopic (exact) mass is 664 g/mol. The number of nitriles is 1. The van der Waals surface area contributed by atoms with E-state index in [-0.39, 0.29) is 6.03 Å². The van der Waals surface area contributed by atoms with Gasteiger partial charge < -0.3 is 9.88 Å². The average molecular weight is 665 g/mol. The maximum Gasteiger partial charge on any atom is 0.322 e. The molecular formula is C39H40N10O. The lowest BCUT2D eigenvalue weighted by Crippen LogP contribution is -2.40. The third-order valence-electron chi connectivity index (χ3n) is 8.57. The normalized spacial score (nSPS) is 11.4. The summed E-state index contributed by atoms with van der Waals surface area (Å²) < 4.78 is 3.72. The Morgan fingerprint density at radius 2 is 1.72 bits per heavy atom. The molecule has 3 heterocycles. The minimum atomic E-state index is -0.167. The van der Waals surface area contributed by atoms with Gasteiger partial charge in [0.25, 0.3) is 0 Å². The fourth-order valence-corrected chi connectivity index (χ4v) is 5.83. The van der Waals surface area contributed by atoms with Crippen molar-refractivity contribution in [3.63, 3.8) is 0 Å². The number of aryl methyl sites for hydroxylation is 2. The summed E-state index contributed by atoms with van der Waals surface area (Å²) >= 11 is 0. The van der Waals surface area contributed by atoms with Crippen molar-refractivity contribution in [2.75, 3.05) is 11.4 Å². The smallest absolute Gasteiger partial charge is 0.322 e. The van der Waals surface area contributed by atoms with Crippen LogP contribution < -0.4 is 10.2 Å². The van der Waals surface area contributed by atoms with E-state index in [0.717, 1.165) is 63.9 Å². The molecule has 11 heteroatoms. The Bertz CT molecular complexity index is 2140. The number of hydrogen-bond donors (Lipinski definition) is 1. The fourth-order valence-electron chi connectivity index (χ4n) is 5.83. The van der Waals surface area contributed by atoms with Gasteiger partial charge >= 0.3 is 6.03 Å². The topological polar surface area (TPSA) is 130 Å². The number of rotatable bonds is 13. The highest BCUT2D eigenvalue weighted by Crippen LogP contribution is 2.27. The standard InChI is InChI=1S/C39H40N10O/c1-4-5-12-33(45-38-41-24-31(22-40)37(46-38)30-16-19-36-35(21-30)43-27-47(36)2)13-9-20-49(39(50)42-23-28-10-7-6-8-11-28)34-17-14-29(15-18-34)32-25-44-48(3)26-32/h6-8,10-11,14-19,21,24-27H,4-5,9,12-13,20,23H2,1-3H3,(H,42,50). The highest BCUT2D eigenvalue weighted by Gasteiger charge is 2.17. The van der Waals surface area contributed by atoms with Crippen LogP contribution in [0.3, 0.4) is 0 Å². The van der Waals surface area contributed by atoms with Crippen molar-refractivity contribution in [2.24, 2.45) is 19.1 Å². The van der Waals surface area contributed by atoms with E-state index in [4.69, 9.17) is 9.98 Å². The predicted molar refractivity (Wildman–Crippen MR) is 197 cm³/mol. The molecule has 0 atom stereocenters. The second-order valence-electron chi connectivity index (χ2n) is 12.2. The van der Waals surface area contributed by atoms with Crippen molar-refractivity contribution in [3.05, 3.63) is 109 Å². The Labute approximate surface area is 292 Å². The molecule has 3 aromatic heterocycles. The van der Waals surface area contributed by atoms with Crippen LogP contribution in [-0.4, -0.2) is 47.6 Å². The number of urea groups is 1. The first-order valence-corrected chi connectivity index (χ1v) is 16.8. The van der Waals surface area contributed by atoms with Crippen molar-refractivity contribution in [1.82, 2.24) is 34.6 Å². The highest BCUT2D eigenvalue weighted by molar-refractivity contribution is 5.92. The van der Waals surface area contributed by atoms with Crippen LogP contribution in [0.4, 0.5) is 16.4 Å². The Morgan fingerprint density at radius 3 is 2.46 bits per heavy atom. The van der Waals surface area contributed by atoms with Crippen LogP contribution in [0.25, 0.3) is 33.4 Å². The zero-order chi connectivity index (χ0) is 34.9. The summed E-state index contributed by atoms with van der Waals surface area (Å²) in [4.78, 5) is 34.0. The van der Waals surface area contributed by atoms with Crippen molar-refractivity contribution in [2.45, 2.75) is 45.6 Å². The van der Waals surface area contributed by atoms with Crippen LogP contribution in [0.1, 0.15) is 50.2 Å². The lowest BCUT2D eigenvalue weighted by molar-refractivity contribution is 0.246. The van der Waals surface area contributed by atoms with E-state index < -0.39 is 0 Å². The molecule has 0 radical (unpaired) electrons. The second kappa shape index (κ2) is 15.8. The van der Waals surface area contributed by atoms with E-state index in [1.165, 1.54) is 6.20 Å². The number of nitrogens with one attached hydrogen (secondary N) is 1. The first-order valence-electron chi connectivity index (χ1n) is 16.8. The van der Waals surface area contributed by atoms with Gasteiger partial charge in [-0.2, -0.15) is 10.4 Å². The van der Waals surface area contributed by atoms with Gasteiger partial charge in [0.15, 0.2) is 0 Å². The summed E-state index contributed by atoms with van der Waals surface area (Å²) in [5, 5.41) is 17.2. The van der Waals surface area contributed by atoms with Crippen LogP contribution in [0.2, 0.25) is 0 Å². The van der Waals surface area contributed by atoms with E-state index in [9.17, 15) is 10.1 Å². The summed E-state index contributed by atoms with van der Waals surface area (Å²) in [5.41, 5.74) is 8.35. The van der Waals surface area contributed by atoms with E-state index in [0.29, 0.717) is 43.1 Å². The van der Waals surface area contributed by atoms with Gasteiger partial charge in [0.1, 0.15) is 6.07 Å². The molecular weight excluding hydrogens is 624 g/mol. The number of amides is 2. The lowest BCUT2D eigenvalue weighted by Gasteiger charge is -2.24. The van der Waals surface area contributed by atoms with Crippen LogP contribution in [-0.2, 0) is 20.6 Å². The van der Waals surface area contributed by atoms with Gasteiger partial charge in [-0.05, 0) is 61.1 Å². The quantitative estimate of drug-likeness (QED) is 0.126. The number of imidazole rings is 1. The number of aromatic nitrogens is 6. The van der Waals surface area contributed by atoms with Crippen LogP contribution >= 0.6 is 0 Å². The first-order chi connectivity index (χ1) is 24.4. The molecule has 0 spiro atoms. The van der Waals surface area contributed by atoms with Crippen LogP contribution in [0.5, 0.6) is 0 Å². The minimum Gasteiger partial charge on any atom is -0.334 e. The maximum absolute atomic E-state index is 13.6. The highest BCUT2D eigenvalue weighted by atomic mass is 16.2. The third-order valence-corrected chi connectivity index (χ3v) is 8.57. The summed E-state index contributed by atoms with van der Waals surface area (Å²) in [6.07, 6.45) is 11.2. The van der Waals surface area contributed by atoms with Crippen molar-refractivity contribution in [1.29, 1.82) is 5.26 Å². The Hall–Kier alpha value is -6.15. The largest absolute Gasteiger partial charge is 0.334 e. The number of fused-ring (bicyclic) bond motifs is 1. The van der Waals surface area contributed by atoms with E-state index in [1.807, 2.05) is 104 Å². The summed E-state index contributed by atoms with van der Waals surface area (Å²) in [7, 11) is 3.84. The Balaban J connectivity index is 1.22. The number of aliphatic imine (C=N–C) groups is 1. The summed E-state index contributed by atoms with van der Waals surface area (Å²) in [6, 6.07) is 25.8. The molecule has 2 amide bonds. The van der Waals surface area contributed by atoms with E-state index in [1.54, 1.807) is 15.9 Å². The molecule has 3 aromatic carbocycles. The first kappa shape index (κ1) is 33.7.